The van der Waals surface area contributed by atoms with Crippen molar-refractivity contribution in [1.29, 1.82) is 0 Å². The summed E-state index contributed by atoms with van der Waals surface area (Å²) >= 11 is 0. The van der Waals surface area contributed by atoms with Crippen LogP contribution in [-0.2, 0) is 23.6 Å². The van der Waals surface area contributed by atoms with Crippen LogP contribution in [0.1, 0.15) is 26.7 Å². The van der Waals surface area contributed by atoms with E-state index in [9.17, 15) is 13.0 Å². The van der Waals surface area contributed by atoms with Crippen molar-refractivity contribution in [2.45, 2.75) is 31.2 Å². The summed E-state index contributed by atoms with van der Waals surface area (Å²) in [5, 5.41) is 5.06. The fraction of sp³-hybridized carbons (Fsp3) is 1.00. The molecule has 1 aliphatic carbocycles. The molecular weight excluding hydrogens is 241 g/mol. The van der Waals surface area contributed by atoms with E-state index in [0.717, 1.165) is 0 Å². The molecule has 2 N–H and O–H groups in total. The van der Waals surface area contributed by atoms with Crippen molar-refractivity contribution in [3.63, 3.8) is 0 Å². The molecule has 90 valence electrons. The van der Waals surface area contributed by atoms with Gasteiger partial charge in [0, 0.05) is 0 Å². The molecule has 1 rings (SSSR count). The third-order valence-corrected chi connectivity index (χ3v) is 7.85. The van der Waals surface area contributed by atoms with Crippen LogP contribution in [-0.4, -0.2) is 26.1 Å². The SMILES string of the molecule is CCOP(=O)(OCC)C1(S(N)(=O)=O)CC1. The molecule has 6 nitrogen and oxygen atoms in total. The molecule has 8 heteroatoms. The van der Waals surface area contributed by atoms with Gasteiger partial charge in [0.15, 0.2) is 4.49 Å². The van der Waals surface area contributed by atoms with E-state index in [2.05, 4.69) is 0 Å². The van der Waals surface area contributed by atoms with Gasteiger partial charge in [-0.25, -0.2) is 13.6 Å². The molecule has 0 radical (unpaired) electrons. The largest absolute Gasteiger partial charge is 0.353 e. The van der Waals surface area contributed by atoms with E-state index >= 15 is 0 Å². The summed E-state index contributed by atoms with van der Waals surface area (Å²) in [4.78, 5) is 0. The van der Waals surface area contributed by atoms with E-state index in [1.807, 2.05) is 0 Å². The molecule has 0 atom stereocenters. The molecule has 15 heavy (non-hydrogen) atoms. The van der Waals surface area contributed by atoms with Crippen LogP contribution in [0.15, 0.2) is 0 Å². The fourth-order valence-electron chi connectivity index (χ4n) is 1.43. The van der Waals surface area contributed by atoms with Crippen LogP contribution in [0.2, 0.25) is 0 Å². The van der Waals surface area contributed by atoms with Crippen LogP contribution in [0.3, 0.4) is 0 Å². The predicted molar refractivity (Wildman–Crippen MR) is 55.9 cm³/mol. The maximum Gasteiger partial charge on any atom is 0.353 e. The monoisotopic (exact) mass is 257 g/mol. The molecule has 0 heterocycles. The minimum absolute atomic E-state index is 0.133. The number of hydrogen-bond donors (Lipinski definition) is 1. The normalized spacial score (nSPS) is 20.2. The predicted octanol–water partition coefficient (Wildman–Crippen LogP) is 1.03. The lowest BCUT2D eigenvalue weighted by Gasteiger charge is -2.23. The van der Waals surface area contributed by atoms with Gasteiger partial charge in [-0.2, -0.15) is 0 Å². The summed E-state index contributed by atoms with van der Waals surface area (Å²) in [6.45, 7) is 3.53. The molecule has 0 saturated heterocycles. The van der Waals surface area contributed by atoms with Gasteiger partial charge in [0.1, 0.15) is 0 Å². The van der Waals surface area contributed by atoms with Crippen molar-refractivity contribution in [3.05, 3.63) is 0 Å². The first kappa shape index (κ1) is 13.1. The summed E-state index contributed by atoms with van der Waals surface area (Å²) < 4.78 is 43.5. The highest BCUT2D eigenvalue weighted by molar-refractivity contribution is 7.98. The fourth-order valence-corrected chi connectivity index (χ4v) is 5.55. The van der Waals surface area contributed by atoms with Gasteiger partial charge in [-0.1, -0.05) is 0 Å². The molecular formula is C7H16NO5PS. The molecule has 0 bridgehead atoms. The van der Waals surface area contributed by atoms with E-state index in [1.165, 1.54) is 0 Å². The van der Waals surface area contributed by atoms with Crippen LogP contribution in [0.4, 0.5) is 0 Å². The van der Waals surface area contributed by atoms with Crippen LogP contribution < -0.4 is 5.14 Å². The Kier molecular flexibility index (Phi) is 3.63. The smallest absolute Gasteiger partial charge is 0.308 e. The molecule has 0 aromatic heterocycles. The van der Waals surface area contributed by atoms with Gasteiger partial charge in [-0.05, 0) is 26.7 Å². The summed E-state index contributed by atoms with van der Waals surface area (Å²) in [5.74, 6) is 0. The third-order valence-electron chi connectivity index (χ3n) is 2.30. The number of primary sulfonamides is 1. The number of nitrogens with two attached hydrogens (primary N) is 1. The van der Waals surface area contributed by atoms with Crippen LogP contribution >= 0.6 is 7.60 Å². The lowest BCUT2D eigenvalue weighted by atomic mass is 10.9. The first-order chi connectivity index (χ1) is 6.83. The zero-order valence-electron chi connectivity index (χ0n) is 8.80. The average Bonchev–Trinajstić information content (AvgIpc) is 2.82. The van der Waals surface area contributed by atoms with E-state index in [-0.39, 0.29) is 26.1 Å². The second kappa shape index (κ2) is 4.14. The Labute approximate surface area is 89.7 Å². The molecule has 0 amide bonds. The van der Waals surface area contributed by atoms with E-state index in [0.29, 0.717) is 0 Å². The first-order valence-corrected chi connectivity index (χ1v) is 7.83. The van der Waals surface area contributed by atoms with E-state index in [4.69, 9.17) is 14.2 Å². The average molecular weight is 257 g/mol. The molecule has 1 fully saturated rings. The van der Waals surface area contributed by atoms with Gasteiger partial charge in [0.25, 0.3) is 0 Å². The lowest BCUT2D eigenvalue weighted by molar-refractivity contribution is 0.216. The zero-order valence-corrected chi connectivity index (χ0v) is 10.5. The second-order valence-corrected chi connectivity index (χ2v) is 7.87. The van der Waals surface area contributed by atoms with Crippen LogP contribution in [0.25, 0.3) is 0 Å². The van der Waals surface area contributed by atoms with Gasteiger partial charge in [0.05, 0.1) is 13.2 Å². The Morgan fingerprint density at radius 2 is 1.67 bits per heavy atom. The Morgan fingerprint density at radius 3 is 1.87 bits per heavy atom. The Morgan fingerprint density at radius 1 is 1.27 bits per heavy atom. The first-order valence-electron chi connectivity index (χ1n) is 4.74. The maximum atomic E-state index is 12.2. The van der Waals surface area contributed by atoms with E-state index < -0.39 is 22.1 Å². The molecule has 0 aromatic rings. The summed E-state index contributed by atoms with van der Waals surface area (Å²) in [6, 6.07) is 0. The van der Waals surface area contributed by atoms with Crippen molar-refractivity contribution < 1.29 is 22.0 Å². The molecule has 1 aliphatic rings. The molecule has 0 unspecified atom stereocenters. The zero-order chi connectivity index (χ0) is 11.7. The van der Waals surface area contributed by atoms with Crippen LogP contribution in [0.5, 0.6) is 0 Å². The Hall–Kier alpha value is 0.0600. The Bertz CT molecular complexity index is 365. The standard InChI is InChI=1S/C7H16NO5PS/c1-3-12-14(9,13-4-2)7(5-6-7)15(8,10)11/h3-6H2,1-2H3,(H2,8,10,11). The number of sulfonamides is 1. The van der Waals surface area contributed by atoms with Gasteiger partial charge >= 0.3 is 7.60 Å². The molecule has 1 saturated carbocycles. The third kappa shape index (κ3) is 2.12. The maximum absolute atomic E-state index is 12.2. The highest BCUT2D eigenvalue weighted by atomic mass is 32.2. The van der Waals surface area contributed by atoms with Crippen molar-refractivity contribution >= 4 is 17.6 Å². The number of hydrogen-bond acceptors (Lipinski definition) is 5. The number of rotatable bonds is 6. The van der Waals surface area contributed by atoms with Gasteiger partial charge < -0.3 is 9.05 Å². The quantitative estimate of drug-likeness (QED) is 0.717. The Balaban J connectivity index is 3.06. The van der Waals surface area contributed by atoms with Crippen LogP contribution in [0, 0.1) is 0 Å². The molecule has 0 aromatic carbocycles. The highest BCUT2D eigenvalue weighted by Crippen LogP contribution is 2.72. The van der Waals surface area contributed by atoms with Crippen molar-refractivity contribution in [1.82, 2.24) is 0 Å². The summed E-state index contributed by atoms with van der Waals surface area (Å²) in [6.07, 6.45) is 0.478. The van der Waals surface area contributed by atoms with Crippen molar-refractivity contribution in [3.8, 4) is 0 Å². The minimum atomic E-state index is -3.91. The van der Waals surface area contributed by atoms with Gasteiger partial charge in [-0.15, -0.1) is 0 Å². The topological polar surface area (TPSA) is 95.7 Å². The van der Waals surface area contributed by atoms with Crippen molar-refractivity contribution in [2.24, 2.45) is 5.14 Å². The van der Waals surface area contributed by atoms with Crippen molar-refractivity contribution in [2.75, 3.05) is 13.2 Å². The summed E-state index contributed by atoms with van der Waals surface area (Å²) in [7, 11) is -7.55. The molecule has 0 aliphatic heterocycles. The summed E-state index contributed by atoms with van der Waals surface area (Å²) in [5.41, 5.74) is 0. The van der Waals surface area contributed by atoms with E-state index in [1.54, 1.807) is 13.8 Å². The highest BCUT2D eigenvalue weighted by Gasteiger charge is 2.68. The van der Waals surface area contributed by atoms with Gasteiger partial charge in [-0.3, -0.25) is 4.57 Å². The van der Waals surface area contributed by atoms with Gasteiger partial charge in [0.2, 0.25) is 10.0 Å². The molecule has 0 spiro atoms. The minimum Gasteiger partial charge on any atom is -0.308 e. The second-order valence-electron chi connectivity index (χ2n) is 3.32. The lowest BCUT2D eigenvalue weighted by Crippen LogP contribution is -2.32.